The van der Waals surface area contributed by atoms with Gasteiger partial charge in [-0.1, -0.05) is 60.7 Å². The molecule has 0 aliphatic rings. The summed E-state index contributed by atoms with van der Waals surface area (Å²) in [7, 11) is 8.12. The lowest BCUT2D eigenvalue weighted by Crippen LogP contribution is -2.52. The Hall–Kier alpha value is -2.37. The Morgan fingerprint density at radius 3 is 1.39 bits per heavy atom. The van der Waals surface area contributed by atoms with Crippen molar-refractivity contribution in [3.05, 3.63) is 71.8 Å². The fraction of sp³-hybridized carbons (Fsp3) is 0.435. The first kappa shape index (κ1) is 21.9. The molecule has 0 aromatic heterocycles. The smallest absolute Gasteiger partial charge is 0.315 e. The van der Waals surface area contributed by atoms with Crippen molar-refractivity contribution in [2.75, 3.05) is 41.3 Å². The first-order chi connectivity index (χ1) is 13.4. The van der Waals surface area contributed by atoms with Gasteiger partial charge >= 0.3 is 6.03 Å². The highest BCUT2D eigenvalue weighted by Crippen LogP contribution is 2.06. The predicted molar refractivity (Wildman–Crippen MR) is 117 cm³/mol. The summed E-state index contributed by atoms with van der Waals surface area (Å²) < 4.78 is 0. The van der Waals surface area contributed by atoms with E-state index in [0.717, 1.165) is 25.9 Å². The van der Waals surface area contributed by atoms with E-state index in [9.17, 15) is 4.79 Å². The number of hydrogen-bond acceptors (Lipinski definition) is 3. The average Bonchev–Trinajstić information content (AvgIpc) is 2.62. The Morgan fingerprint density at radius 2 is 1.07 bits per heavy atom. The lowest BCUT2D eigenvalue weighted by atomic mass is 10.0. The van der Waals surface area contributed by atoms with Crippen molar-refractivity contribution >= 4 is 6.03 Å². The molecule has 152 valence electrons. The van der Waals surface area contributed by atoms with E-state index in [-0.39, 0.29) is 18.1 Å². The number of benzene rings is 2. The Bertz CT molecular complexity index is 629. The van der Waals surface area contributed by atoms with Crippen LogP contribution >= 0.6 is 0 Å². The van der Waals surface area contributed by atoms with Crippen LogP contribution in [0.15, 0.2) is 60.7 Å². The van der Waals surface area contributed by atoms with Gasteiger partial charge in [-0.2, -0.15) is 0 Å². The molecule has 0 unspecified atom stereocenters. The summed E-state index contributed by atoms with van der Waals surface area (Å²) in [5, 5.41) is 6.35. The molecule has 2 N–H and O–H groups in total. The van der Waals surface area contributed by atoms with E-state index >= 15 is 0 Å². The second kappa shape index (κ2) is 11.5. The van der Waals surface area contributed by atoms with E-state index in [1.165, 1.54) is 11.1 Å². The Morgan fingerprint density at radius 1 is 0.714 bits per heavy atom. The quantitative estimate of drug-likeness (QED) is 0.664. The summed E-state index contributed by atoms with van der Waals surface area (Å²) >= 11 is 0. The maximum Gasteiger partial charge on any atom is 0.315 e. The minimum absolute atomic E-state index is 0.0501. The third-order valence-electron chi connectivity index (χ3n) is 4.49. The molecule has 0 radical (unpaired) electrons. The highest BCUT2D eigenvalue weighted by molar-refractivity contribution is 5.74. The monoisotopic (exact) mass is 382 g/mol. The van der Waals surface area contributed by atoms with Gasteiger partial charge in [0.1, 0.15) is 0 Å². The lowest BCUT2D eigenvalue weighted by Gasteiger charge is -2.26. The molecular weight excluding hydrogens is 348 g/mol. The zero-order valence-corrected chi connectivity index (χ0v) is 17.6. The zero-order chi connectivity index (χ0) is 20.4. The molecule has 0 fully saturated rings. The molecular formula is C23H34N4O. The summed E-state index contributed by atoms with van der Waals surface area (Å²) in [5.74, 6) is 0. The van der Waals surface area contributed by atoms with Crippen LogP contribution in [-0.4, -0.2) is 69.2 Å². The van der Waals surface area contributed by atoms with Crippen molar-refractivity contribution < 1.29 is 4.79 Å². The molecule has 2 atom stereocenters. The number of carbonyl (C=O) groups is 1. The second-order valence-corrected chi connectivity index (χ2v) is 7.92. The number of likely N-dealkylation sites (N-methyl/N-ethyl adjacent to an activating group) is 2. The van der Waals surface area contributed by atoms with Crippen molar-refractivity contribution in [3.63, 3.8) is 0 Å². The van der Waals surface area contributed by atoms with Gasteiger partial charge in [0.05, 0.1) is 0 Å². The van der Waals surface area contributed by atoms with Gasteiger partial charge in [-0.3, -0.25) is 0 Å². The molecule has 5 nitrogen and oxygen atoms in total. The SMILES string of the molecule is CN(C)C[C@@H](Cc1ccccc1)NC(=O)N[C@@H](Cc1ccccc1)CN(C)C. The van der Waals surface area contributed by atoms with Crippen molar-refractivity contribution in [1.29, 1.82) is 0 Å². The molecule has 5 heteroatoms. The number of carbonyl (C=O) groups excluding carboxylic acids is 1. The van der Waals surface area contributed by atoms with Crippen molar-refractivity contribution in [2.45, 2.75) is 24.9 Å². The molecule has 2 aromatic rings. The van der Waals surface area contributed by atoms with Crippen LogP contribution in [0.1, 0.15) is 11.1 Å². The predicted octanol–water partition coefficient (Wildman–Crippen LogP) is 2.63. The van der Waals surface area contributed by atoms with Crippen LogP contribution in [0.2, 0.25) is 0 Å². The van der Waals surface area contributed by atoms with E-state index in [1.807, 2.05) is 64.6 Å². The molecule has 0 saturated heterocycles. The highest BCUT2D eigenvalue weighted by atomic mass is 16.2. The van der Waals surface area contributed by atoms with Crippen LogP contribution in [0, 0.1) is 0 Å². The molecule has 28 heavy (non-hydrogen) atoms. The Kier molecular flexibility index (Phi) is 8.98. The summed E-state index contributed by atoms with van der Waals surface area (Å²) in [6.45, 7) is 1.58. The fourth-order valence-corrected chi connectivity index (χ4v) is 3.41. The van der Waals surface area contributed by atoms with Crippen molar-refractivity contribution in [2.24, 2.45) is 0 Å². The molecule has 2 aromatic carbocycles. The molecule has 0 spiro atoms. The van der Waals surface area contributed by atoms with E-state index < -0.39 is 0 Å². The average molecular weight is 383 g/mol. The first-order valence-electron chi connectivity index (χ1n) is 9.86. The minimum atomic E-state index is -0.106. The third-order valence-corrected chi connectivity index (χ3v) is 4.49. The molecule has 2 rings (SSSR count). The van der Waals surface area contributed by atoms with Crippen LogP contribution in [0.3, 0.4) is 0 Å². The largest absolute Gasteiger partial charge is 0.334 e. The Balaban J connectivity index is 1.98. The van der Waals surface area contributed by atoms with Crippen LogP contribution in [0.5, 0.6) is 0 Å². The number of rotatable bonds is 10. The van der Waals surface area contributed by atoms with Gasteiger partial charge in [0.15, 0.2) is 0 Å². The van der Waals surface area contributed by atoms with E-state index in [1.54, 1.807) is 0 Å². The van der Waals surface area contributed by atoms with E-state index in [0.29, 0.717) is 0 Å². The molecule has 0 aliphatic carbocycles. The maximum atomic E-state index is 12.7. The van der Waals surface area contributed by atoms with Crippen molar-refractivity contribution in [1.82, 2.24) is 20.4 Å². The summed E-state index contributed by atoms with van der Waals surface area (Å²) in [6.07, 6.45) is 1.62. The zero-order valence-electron chi connectivity index (χ0n) is 17.6. The topological polar surface area (TPSA) is 47.6 Å². The second-order valence-electron chi connectivity index (χ2n) is 7.92. The molecule has 2 amide bonds. The molecule has 0 aliphatic heterocycles. The van der Waals surface area contributed by atoms with Gasteiger partial charge in [-0.15, -0.1) is 0 Å². The summed E-state index contributed by atoms with van der Waals surface area (Å²) in [6, 6.07) is 20.6. The number of nitrogens with one attached hydrogen (secondary N) is 2. The highest BCUT2D eigenvalue weighted by Gasteiger charge is 2.18. The van der Waals surface area contributed by atoms with Crippen LogP contribution in [-0.2, 0) is 12.8 Å². The summed E-state index contributed by atoms with van der Waals surface area (Å²) in [5.41, 5.74) is 2.45. The maximum absolute atomic E-state index is 12.7. The van der Waals surface area contributed by atoms with Gasteiger partial charge in [-0.25, -0.2) is 4.79 Å². The van der Waals surface area contributed by atoms with Gasteiger partial charge in [0, 0.05) is 25.2 Å². The van der Waals surface area contributed by atoms with Crippen LogP contribution < -0.4 is 10.6 Å². The lowest BCUT2D eigenvalue weighted by molar-refractivity contribution is 0.224. The van der Waals surface area contributed by atoms with Gasteiger partial charge < -0.3 is 20.4 Å². The normalized spacial score (nSPS) is 13.4. The van der Waals surface area contributed by atoms with Crippen LogP contribution in [0.4, 0.5) is 4.79 Å². The molecule has 0 bridgehead atoms. The molecule has 0 heterocycles. The van der Waals surface area contributed by atoms with Gasteiger partial charge in [-0.05, 0) is 52.2 Å². The first-order valence-corrected chi connectivity index (χ1v) is 9.86. The fourth-order valence-electron chi connectivity index (χ4n) is 3.41. The van der Waals surface area contributed by atoms with E-state index in [2.05, 4.69) is 44.7 Å². The van der Waals surface area contributed by atoms with Gasteiger partial charge in [0.25, 0.3) is 0 Å². The Labute approximate surface area is 169 Å². The minimum Gasteiger partial charge on any atom is -0.334 e. The third kappa shape index (κ3) is 8.55. The number of amides is 2. The number of urea groups is 1. The standard InChI is InChI=1S/C23H34N4O/c1-26(2)17-21(15-19-11-7-5-8-12-19)24-23(28)25-22(18-27(3)4)16-20-13-9-6-10-14-20/h5-14,21-22H,15-18H2,1-4H3,(H2,24,25,28)/t21-,22+. The van der Waals surface area contributed by atoms with Crippen molar-refractivity contribution in [3.8, 4) is 0 Å². The van der Waals surface area contributed by atoms with Crippen LogP contribution in [0.25, 0.3) is 0 Å². The van der Waals surface area contributed by atoms with E-state index in [4.69, 9.17) is 0 Å². The summed E-state index contributed by atoms with van der Waals surface area (Å²) in [4.78, 5) is 17.0. The van der Waals surface area contributed by atoms with Gasteiger partial charge in [0.2, 0.25) is 0 Å². The molecule has 0 saturated carbocycles. The number of nitrogens with zero attached hydrogens (tertiary/aromatic N) is 2. The number of hydrogen-bond donors (Lipinski definition) is 2.